The number of nitrogens with zero attached hydrogens (tertiary/aromatic N) is 7. The maximum Gasteiger partial charge on any atom is 0.226 e. The van der Waals surface area contributed by atoms with E-state index in [0.717, 1.165) is 16.3 Å². The second-order valence-electron chi connectivity index (χ2n) is 8.16. The number of carbonyl (C=O) groups excluding carboxylic acids is 1. The molecule has 0 aromatic carbocycles. The van der Waals surface area contributed by atoms with Gasteiger partial charge in [0.25, 0.3) is 0 Å². The number of thiazole rings is 1. The molecule has 0 N–H and O–H groups in total. The lowest BCUT2D eigenvalue weighted by molar-refractivity contribution is -0.136. The van der Waals surface area contributed by atoms with Crippen molar-refractivity contribution in [3.05, 3.63) is 39.9 Å². The Morgan fingerprint density at radius 2 is 2.00 bits per heavy atom. The Morgan fingerprint density at radius 1 is 1.25 bits per heavy atom. The maximum absolute atomic E-state index is 14.5. The maximum atomic E-state index is 14.5. The molecule has 1 aliphatic rings. The van der Waals surface area contributed by atoms with E-state index in [1.807, 2.05) is 36.0 Å². The zero-order valence-corrected chi connectivity index (χ0v) is 19.7. The fourth-order valence-electron chi connectivity index (χ4n) is 4.13. The molecule has 1 amide bonds. The van der Waals surface area contributed by atoms with Crippen LogP contribution in [0.25, 0.3) is 11.4 Å². The second kappa shape index (κ2) is 9.32. The number of hydrogen-bond acceptors (Lipinski definition) is 7. The van der Waals surface area contributed by atoms with Crippen LogP contribution in [0.3, 0.4) is 0 Å². The Bertz CT molecular complexity index is 1080. The van der Waals surface area contributed by atoms with E-state index in [2.05, 4.69) is 20.1 Å². The molecule has 4 rings (SSSR count). The monoisotopic (exact) mass is 457 g/mol. The average Bonchev–Trinajstić information content (AvgIpc) is 3.36. The summed E-state index contributed by atoms with van der Waals surface area (Å²) in [5, 5.41) is 7.17. The summed E-state index contributed by atoms with van der Waals surface area (Å²) in [4.78, 5) is 30.2. The molecule has 0 spiro atoms. The highest BCUT2D eigenvalue weighted by molar-refractivity contribution is 7.09. The third-order valence-electron chi connectivity index (χ3n) is 5.89. The van der Waals surface area contributed by atoms with Crippen molar-refractivity contribution < 1.29 is 9.18 Å². The molecule has 1 fully saturated rings. The Kier molecular flexibility index (Phi) is 6.50. The summed E-state index contributed by atoms with van der Waals surface area (Å²) in [5.74, 6) is 0.151. The highest BCUT2D eigenvalue weighted by Gasteiger charge is 2.30. The van der Waals surface area contributed by atoms with Gasteiger partial charge in [0.05, 0.1) is 24.6 Å². The molecule has 8 nitrogen and oxygen atoms in total. The van der Waals surface area contributed by atoms with Crippen LogP contribution in [0, 0.1) is 25.6 Å². The van der Waals surface area contributed by atoms with Crippen LogP contribution in [0.5, 0.6) is 0 Å². The first kappa shape index (κ1) is 22.3. The molecule has 0 radical (unpaired) electrons. The largest absolute Gasteiger partial charge is 0.341 e. The van der Waals surface area contributed by atoms with Gasteiger partial charge < -0.3 is 9.80 Å². The molecule has 1 saturated heterocycles. The van der Waals surface area contributed by atoms with Crippen LogP contribution in [0.4, 0.5) is 10.3 Å². The number of aryl methyl sites for hydroxylation is 3. The van der Waals surface area contributed by atoms with Crippen LogP contribution < -0.4 is 4.90 Å². The number of rotatable bonds is 6. The highest BCUT2D eigenvalue weighted by Crippen LogP contribution is 2.28. The molecule has 0 aliphatic carbocycles. The predicted octanol–water partition coefficient (Wildman–Crippen LogP) is 3.35. The van der Waals surface area contributed by atoms with Crippen LogP contribution in [0.1, 0.15) is 36.0 Å². The summed E-state index contributed by atoms with van der Waals surface area (Å²) < 4.78 is 16.1. The minimum Gasteiger partial charge on any atom is -0.341 e. The van der Waals surface area contributed by atoms with Crippen molar-refractivity contribution in [3.63, 3.8) is 0 Å². The van der Waals surface area contributed by atoms with Gasteiger partial charge in [-0.25, -0.2) is 19.3 Å². The summed E-state index contributed by atoms with van der Waals surface area (Å²) >= 11 is 1.59. The van der Waals surface area contributed by atoms with Gasteiger partial charge in [0.15, 0.2) is 5.82 Å². The molecule has 1 aliphatic heterocycles. The van der Waals surface area contributed by atoms with Crippen molar-refractivity contribution in [3.8, 4) is 11.4 Å². The van der Waals surface area contributed by atoms with Crippen LogP contribution in [0.2, 0.25) is 0 Å². The molecule has 0 bridgehead atoms. The first-order valence-electron chi connectivity index (χ1n) is 10.8. The number of aromatic nitrogens is 5. The third-order valence-corrected chi connectivity index (χ3v) is 6.84. The average molecular weight is 458 g/mol. The van der Waals surface area contributed by atoms with Gasteiger partial charge in [0.2, 0.25) is 11.9 Å². The SMILES string of the molecule is CCN(Cc1nc(C)cs1)C(=O)C1CCN(c2ncc(F)c(-c3c(C)cnn3C)n2)CC1. The van der Waals surface area contributed by atoms with Crippen molar-refractivity contribution in [1.29, 1.82) is 0 Å². The minimum absolute atomic E-state index is 0.0357. The molecule has 0 unspecified atom stereocenters. The lowest BCUT2D eigenvalue weighted by Crippen LogP contribution is -2.42. The molecular weight excluding hydrogens is 429 g/mol. The number of anilines is 1. The van der Waals surface area contributed by atoms with Gasteiger partial charge >= 0.3 is 0 Å². The lowest BCUT2D eigenvalue weighted by atomic mass is 9.95. The van der Waals surface area contributed by atoms with E-state index in [-0.39, 0.29) is 17.5 Å². The van der Waals surface area contributed by atoms with Gasteiger partial charge in [-0.15, -0.1) is 11.3 Å². The summed E-state index contributed by atoms with van der Waals surface area (Å²) in [6.45, 7) is 8.37. The summed E-state index contributed by atoms with van der Waals surface area (Å²) in [6, 6.07) is 0. The fraction of sp³-hybridized carbons (Fsp3) is 0.500. The second-order valence-corrected chi connectivity index (χ2v) is 9.11. The molecule has 10 heteroatoms. The first-order valence-corrected chi connectivity index (χ1v) is 11.7. The van der Waals surface area contributed by atoms with E-state index in [1.54, 1.807) is 29.3 Å². The van der Waals surface area contributed by atoms with Crippen molar-refractivity contribution in [2.75, 3.05) is 24.5 Å². The van der Waals surface area contributed by atoms with Crippen LogP contribution in [-0.4, -0.2) is 55.2 Å². The Hall–Kier alpha value is -2.88. The Labute approximate surface area is 191 Å². The van der Waals surface area contributed by atoms with Crippen molar-refractivity contribution in [2.24, 2.45) is 13.0 Å². The molecule has 32 heavy (non-hydrogen) atoms. The normalized spacial score (nSPS) is 14.7. The number of hydrogen-bond donors (Lipinski definition) is 0. The molecular formula is C22H28FN7OS. The van der Waals surface area contributed by atoms with Crippen LogP contribution >= 0.6 is 11.3 Å². The smallest absolute Gasteiger partial charge is 0.226 e. The molecule has 0 atom stereocenters. The highest BCUT2D eigenvalue weighted by atomic mass is 32.1. The van der Waals surface area contributed by atoms with Gasteiger partial charge in [-0.1, -0.05) is 0 Å². The molecule has 3 aromatic rings. The van der Waals surface area contributed by atoms with Crippen molar-refractivity contribution in [1.82, 2.24) is 29.6 Å². The third kappa shape index (κ3) is 4.50. The van der Waals surface area contributed by atoms with E-state index in [0.29, 0.717) is 50.7 Å². The van der Waals surface area contributed by atoms with Crippen molar-refractivity contribution in [2.45, 2.75) is 40.2 Å². The Morgan fingerprint density at radius 3 is 2.59 bits per heavy atom. The van der Waals surface area contributed by atoms with E-state index in [1.165, 1.54) is 6.20 Å². The van der Waals surface area contributed by atoms with E-state index in [4.69, 9.17) is 0 Å². The standard InChI is InChI=1S/C22H28FN7OS/c1-5-29(12-18-26-15(3)13-32-18)21(31)16-6-8-30(9-7-16)22-24-11-17(23)19(27-22)20-14(2)10-25-28(20)4/h10-11,13,16H,5-9,12H2,1-4H3. The van der Waals surface area contributed by atoms with Crippen molar-refractivity contribution >= 4 is 23.2 Å². The molecule has 4 heterocycles. The predicted molar refractivity (Wildman–Crippen MR) is 122 cm³/mol. The van der Waals surface area contributed by atoms with Gasteiger partial charge in [0, 0.05) is 43.7 Å². The van der Waals surface area contributed by atoms with Gasteiger partial charge in [-0.05, 0) is 39.2 Å². The van der Waals surface area contributed by atoms with Crippen LogP contribution in [0.15, 0.2) is 17.8 Å². The number of halogens is 1. The zero-order valence-electron chi connectivity index (χ0n) is 18.9. The zero-order chi connectivity index (χ0) is 22.8. The number of carbonyl (C=O) groups is 1. The molecule has 170 valence electrons. The summed E-state index contributed by atoms with van der Waals surface area (Å²) in [6.07, 6.45) is 4.34. The quantitative estimate of drug-likeness (QED) is 0.565. The minimum atomic E-state index is -0.471. The molecule has 0 saturated carbocycles. The van der Waals surface area contributed by atoms with Gasteiger partial charge in [0.1, 0.15) is 10.7 Å². The van der Waals surface area contributed by atoms with Gasteiger partial charge in [-0.3, -0.25) is 9.48 Å². The molecule has 3 aromatic heterocycles. The summed E-state index contributed by atoms with van der Waals surface area (Å²) in [5.41, 5.74) is 2.74. The lowest BCUT2D eigenvalue weighted by Gasteiger charge is -2.34. The topological polar surface area (TPSA) is 80.0 Å². The Balaban J connectivity index is 1.43. The summed E-state index contributed by atoms with van der Waals surface area (Å²) in [7, 11) is 1.77. The van der Waals surface area contributed by atoms with Gasteiger partial charge in [-0.2, -0.15) is 5.10 Å². The number of amides is 1. The number of piperidine rings is 1. The van der Waals surface area contributed by atoms with E-state index >= 15 is 0 Å². The van der Waals surface area contributed by atoms with Crippen LogP contribution in [-0.2, 0) is 18.4 Å². The first-order chi connectivity index (χ1) is 15.4. The van der Waals surface area contributed by atoms with E-state index in [9.17, 15) is 9.18 Å². The van der Waals surface area contributed by atoms with E-state index < -0.39 is 5.82 Å². The fourth-order valence-corrected chi connectivity index (χ4v) is 4.92.